The summed E-state index contributed by atoms with van der Waals surface area (Å²) in [4.78, 5) is 15.1. The molecule has 0 saturated carbocycles. The summed E-state index contributed by atoms with van der Waals surface area (Å²) in [6.07, 6.45) is 3.72. The first-order chi connectivity index (χ1) is 13.9. The zero-order chi connectivity index (χ0) is 20.9. The van der Waals surface area contributed by atoms with E-state index in [1.807, 2.05) is 0 Å². The Balaban J connectivity index is 1.41. The number of nitrogens with zero attached hydrogens (tertiary/aromatic N) is 3. The summed E-state index contributed by atoms with van der Waals surface area (Å²) in [6, 6.07) is 0. The molecule has 9 heteroatoms. The number of rotatable bonds is 7. The molecule has 3 heterocycles. The van der Waals surface area contributed by atoms with Crippen LogP contribution in [-0.2, 0) is 19.7 Å². The fourth-order valence-corrected chi connectivity index (χ4v) is 6.61. The number of hydrogen-bond acceptors (Lipinski definition) is 5. The Morgan fingerprint density at radius 3 is 2.41 bits per heavy atom. The second-order valence-corrected chi connectivity index (χ2v) is 11.0. The van der Waals surface area contributed by atoms with E-state index in [1.165, 1.54) is 15.0 Å². The molecular formula is C20H38N4O4S. The van der Waals surface area contributed by atoms with E-state index in [-0.39, 0.29) is 18.4 Å². The molecule has 0 radical (unpaired) electrons. The van der Waals surface area contributed by atoms with Crippen LogP contribution >= 0.6 is 0 Å². The molecule has 1 N–H and O–H groups in total. The van der Waals surface area contributed by atoms with Crippen LogP contribution in [0.15, 0.2) is 0 Å². The molecule has 3 atom stereocenters. The Kier molecular flexibility index (Phi) is 8.32. The molecule has 0 bridgehead atoms. The van der Waals surface area contributed by atoms with Gasteiger partial charge in [-0.15, -0.1) is 0 Å². The molecule has 3 saturated heterocycles. The van der Waals surface area contributed by atoms with Gasteiger partial charge in [-0.1, -0.05) is 13.8 Å². The minimum absolute atomic E-state index is 0.00717. The van der Waals surface area contributed by atoms with E-state index in [1.54, 1.807) is 0 Å². The lowest BCUT2D eigenvalue weighted by Crippen LogP contribution is -2.53. The number of amides is 1. The fourth-order valence-electron chi connectivity index (χ4n) is 4.94. The first-order valence-corrected chi connectivity index (χ1v) is 12.6. The quantitative estimate of drug-likeness (QED) is 0.603. The number of ether oxygens (including phenoxy) is 1. The smallest absolute Gasteiger partial charge is 0.282 e. The van der Waals surface area contributed by atoms with Gasteiger partial charge in [0.15, 0.2) is 0 Å². The molecule has 0 aliphatic carbocycles. The van der Waals surface area contributed by atoms with Crippen molar-refractivity contribution in [3.8, 4) is 0 Å². The number of morpholine rings is 1. The van der Waals surface area contributed by atoms with E-state index < -0.39 is 10.2 Å². The molecule has 0 aromatic carbocycles. The SMILES string of the molecule is CC1CC(C)CN(CCCNC(=O)C2CCCN(S(=O)(=O)N3CCOCC3)C2)C1. The molecule has 29 heavy (non-hydrogen) atoms. The molecule has 3 aliphatic heterocycles. The molecule has 0 spiro atoms. The topological polar surface area (TPSA) is 82.2 Å². The average Bonchev–Trinajstić information content (AvgIpc) is 2.71. The molecule has 3 rings (SSSR count). The van der Waals surface area contributed by atoms with Crippen LogP contribution in [0, 0.1) is 17.8 Å². The number of nitrogens with one attached hydrogen (secondary N) is 1. The van der Waals surface area contributed by atoms with Crippen LogP contribution in [0.3, 0.4) is 0 Å². The highest BCUT2D eigenvalue weighted by Crippen LogP contribution is 2.22. The predicted molar refractivity (Wildman–Crippen MR) is 113 cm³/mol. The van der Waals surface area contributed by atoms with Gasteiger partial charge in [0.1, 0.15) is 0 Å². The van der Waals surface area contributed by atoms with Crippen molar-refractivity contribution in [1.29, 1.82) is 0 Å². The van der Waals surface area contributed by atoms with Crippen LogP contribution in [0.5, 0.6) is 0 Å². The largest absolute Gasteiger partial charge is 0.379 e. The maximum Gasteiger partial charge on any atom is 0.282 e. The summed E-state index contributed by atoms with van der Waals surface area (Å²) in [7, 11) is -3.50. The summed E-state index contributed by atoms with van der Waals surface area (Å²) < 4.78 is 33.9. The first kappa shape index (κ1) is 22.9. The second kappa shape index (κ2) is 10.5. The van der Waals surface area contributed by atoms with Gasteiger partial charge in [-0.3, -0.25) is 4.79 Å². The van der Waals surface area contributed by atoms with Crippen molar-refractivity contribution in [1.82, 2.24) is 18.8 Å². The van der Waals surface area contributed by atoms with Gasteiger partial charge in [-0.2, -0.15) is 17.0 Å². The summed E-state index contributed by atoms with van der Waals surface area (Å²) in [5, 5.41) is 3.05. The number of hydrogen-bond donors (Lipinski definition) is 1. The summed E-state index contributed by atoms with van der Waals surface area (Å²) >= 11 is 0. The van der Waals surface area contributed by atoms with E-state index >= 15 is 0 Å². The minimum Gasteiger partial charge on any atom is -0.379 e. The molecule has 1 amide bonds. The summed E-state index contributed by atoms with van der Waals surface area (Å²) in [6.45, 7) is 11.0. The summed E-state index contributed by atoms with van der Waals surface area (Å²) in [5.41, 5.74) is 0. The number of carbonyl (C=O) groups is 1. The van der Waals surface area contributed by atoms with E-state index in [2.05, 4.69) is 24.1 Å². The Bertz CT molecular complexity index is 628. The maximum absolute atomic E-state index is 12.9. The summed E-state index contributed by atoms with van der Waals surface area (Å²) in [5.74, 6) is 1.23. The fraction of sp³-hybridized carbons (Fsp3) is 0.950. The van der Waals surface area contributed by atoms with Crippen LogP contribution in [0.2, 0.25) is 0 Å². The molecule has 8 nitrogen and oxygen atoms in total. The Hall–Kier alpha value is -0.740. The monoisotopic (exact) mass is 430 g/mol. The third-order valence-electron chi connectivity index (χ3n) is 6.27. The van der Waals surface area contributed by atoms with Gasteiger partial charge in [-0.05, 0) is 44.1 Å². The van der Waals surface area contributed by atoms with Crippen LogP contribution < -0.4 is 5.32 Å². The van der Waals surface area contributed by atoms with Crippen molar-refractivity contribution in [2.45, 2.75) is 39.5 Å². The van der Waals surface area contributed by atoms with Crippen molar-refractivity contribution in [3.63, 3.8) is 0 Å². The normalized spacial score (nSPS) is 30.9. The van der Waals surface area contributed by atoms with Crippen molar-refractivity contribution in [2.75, 3.05) is 65.6 Å². The van der Waals surface area contributed by atoms with Crippen LogP contribution in [0.25, 0.3) is 0 Å². The van der Waals surface area contributed by atoms with Crippen LogP contribution in [0.1, 0.15) is 39.5 Å². The minimum atomic E-state index is -3.50. The van der Waals surface area contributed by atoms with Crippen molar-refractivity contribution in [2.24, 2.45) is 17.8 Å². The molecular weight excluding hydrogens is 392 g/mol. The molecule has 3 aliphatic rings. The van der Waals surface area contributed by atoms with Crippen LogP contribution in [-0.4, -0.2) is 93.4 Å². The number of carbonyl (C=O) groups excluding carboxylic acids is 1. The Labute approximate surface area is 176 Å². The standard InChI is InChI=1S/C20H38N4O4S/c1-17-13-18(2)15-22(14-17)7-4-6-21-20(25)19-5-3-8-24(16-19)29(26,27)23-9-11-28-12-10-23/h17-19H,3-16H2,1-2H3,(H,21,25). The highest BCUT2D eigenvalue weighted by atomic mass is 32.2. The third-order valence-corrected chi connectivity index (χ3v) is 8.27. The van der Waals surface area contributed by atoms with E-state index in [0.29, 0.717) is 39.4 Å². The Morgan fingerprint density at radius 1 is 1.03 bits per heavy atom. The lowest BCUT2D eigenvalue weighted by molar-refractivity contribution is -0.126. The van der Waals surface area contributed by atoms with Gasteiger partial charge in [0.2, 0.25) is 5.91 Å². The highest BCUT2D eigenvalue weighted by molar-refractivity contribution is 7.86. The van der Waals surface area contributed by atoms with Crippen molar-refractivity contribution in [3.05, 3.63) is 0 Å². The first-order valence-electron chi connectivity index (χ1n) is 11.2. The van der Waals surface area contributed by atoms with Gasteiger partial charge in [0.05, 0.1) is 19.1 Å². The van der Waals surface area contributed by atoms with Crippen molar-refractivity contribution < 1.29 is 17.9 Å². The average molecular weight is 431 g/mol. The Morgan fingerprint density at radius 2 is 1.72 bits per heavy atom. The molecule has 3 fully saturated rings. The number of likely N-dealkylation sites (tertiary alicyclic amines) is 1. The van der Waals surface area contributed by atoms with Crippen molar-refractivity contribution >= 4 is 16.1 Å². The highest BCUT2D eigenvalue weighted by Gasteiger charge is 2.36. The van der Waals surface area contributed by atoms with E-state index in [9.17, 15) is 13.2 Å². The molecule has 168 valence electrons. The lowest BCUT2D eigenvalue weighted by Gasteiger charge is -2.36. The molecule has 0 aromatic heterocycles. The van der Waals surface area contributed by atoms with Gasteiger partial charge in [0.25, 0.3) is 10.2 Å². The molecule has 3 unspecified atom stereocenters. The number of piperidine rings is 2. The van der Waals surface area contributed by atoms with Gasteiger partial charge in [0, 0.05) is 45.8 Å². The van der Waals surface area contributed by atoms with E-state index in [4.69, 9.17) is 4.74 Å². The van der Waals surface area contributed by atoms with Gasteiger partial charge >= 0.3 is 0 Å². The second-order valence-electron chi connectivity index (χ2n) is 9.07. The zero-order valence-electron chi connectivity index (χ0n) is 18.0. The maximum atomic E-state index is 12.9. The van der Waals surface area contributed by atoms with Gasteiger partial charge in [-0.25, -0.2) is 0 Å². The van der Waals surface area contributed by atoms with Crippen LogP contribution in [0.4, 0.5) is 0 Å². The van der Waals surface area contributed by atoms with Gasteiger partial charge < -0.3 is 15.0 Å². The third kappa shape index (κ3) is 6.37. The molecule has 0 aromatic rings. The van der Waals surface area contributed by atoms with E-state index in [0.717, 1.165) is 50.7 Å². The zero-order valence-corrected chi connectivity index (χ0v) is 18.8. The lowest BCUT2D eigenvalue weighted by atomic mass is 9.92. The predicted octanol–water partition coefficient (Wildman–Crippen LogP) is 0.760.